The van der Waals surface area contributed by atoms with Gasteiger partial charge in [0.1, 0.15) is 0 Å². The quantitative estimate of drug-likeness (QED) is 0.270. The SMILES string of the molecule is CN=C(NCc1ccc(C(=O)NC)cc1)N(C)CCOCC1CC1.I. The monoisotopic (exact) mass is 460 g/mol. The third kappa shape index (κ3) is 7.60. The van der Waals surface area contributed by atoms with E-state index < -0.39 is 0 Å². The van der Waals surface area contributed by atoms with Crippen LogP contribution in [-0.2, 0) is 11.3 Å². The fraction of sp³-hybridized carbons (Fsp3) is 0.556. The molecule has 0 radical (unpaired) electrons. The topological polar surface area (TPSA) is 66.0 Å². The van der Waals surface area contributed by atoms with Crippen molar-refractivity contribution in [2.45, 2.75) is 19.4 Å². The number of carbonyl (C=O) groups is 1. The summed E-state index contributed by atoms with van der Waals surface area (Å²) in [5.41, 5.74) is 1.76. The Morgan fingerprint density at radius 2 is 2.00 bits per heavy atom. The zero-order valence-corrected chi connectivity index (χ0v) is 17.6. The molecule has 1 saturated carbocycles. The van der Waals surface area contributed by atoms with E-state index in [2.05, 4.69) is 20.5 Å². The van der Waals surface area contributed by atoms with Crippen LogP contribution in [0.4, 0.5) is 0 Å². The van der Waals surface area contributed by atoms with Crippen LogP contribution in [0, 0.1) is 5.92 Å². The van der Waals surface area contributed by atoms with Gasteiger partial charge >= 0.3 is 0 Å². The van der Waals surface area contributed by atoms with Crippen molar-refractivity contribution in [1.82, 2.24) is 15.5 Å². The number of nitrogens with zero attached hydrogens (tertiary/aromatic N) is 2. The molecule has 1 fully saturated rings. The predicted octanol–water partition coefficient (Wildman–Crippen LogP) is 2.10. The first kappa shape index (κ1) is 21.7. The molecule has 0 atom stereocenters. The van der Waals surface area contributed by atoms with Crippen molar-refractivity contribution in [3.05, 3.63) is 35.4 Å². The first-order chi connectivity index (χ1) is 11.6. The maximum atomic E-state index is 11.5. The van der Waals surface area contributed by atoms with Crippen molar-refractivity contribution in [2.24, 2.45) is 10.9 Å². The minimum Gasteiger partial charge on any atom is -0.379 e. The second kappa shape index (κ2) is 11.3. The van der Waals surface area contributed by atoms with Gasteiger partial charge in [0.2, 0.25) is 0 Å². The number of carbonyl (C=O) groups excluding carboxylic acids is 1. The minimum atomic E-state index is -0.0729. The van der Waals surface area contributed by atoms with Gasteiger partial charge in [-0.1, -0.05) is 12.1 Å². The number of likely N-dealkylation sites (N-methyl/N-ethyl adjacent to an activating group) is 1. The van der Waals surface area contributed by atoms with Gasteiger partial charge < -0.3 is 20.3 Å². The van der Waals surface area contributed by atoms with Gasteiger partial charge in [-0.3, -0.25) is 9.79 Å². The van der Waals surface area contributed by atoms with E-state index in [1.54, 1.807) is 14.1 Å². The molecule has 0 bridgehead atoms. The van der Waals surface area contributed by atoms with E-state index >= 15 is 0 Å². The van der Waals surface area contributed by atoms with E-state index in [4.69, 9.17) is 4.74 Å². The van der Waals surface area contributed by atoms with Crippen LogP contribution in [0.3, 0.4) is 0 Å². The second-order valence-corrected chi connectivity index (χ2v) is 6.12. The Balaban J connectivity index is 0.00000312. The number of benzene rings is 1. The van der Waals surface area contributed by atoms with Gasteiger partial charge in [0.15, 0.2) is 5.96 Å². The van der Waals surface area contributed by atoms with Gasteiger partial charge in [0.05, 0.1) is 6.61 Å². The lowest BCUT2D eigenvalue weighted by Crippen LogP contribution is -2.40. The molecule has 1 aromatic carbocycles. The number of hydrogen-bond donors (Lipinski definition) is 2. The Hall–Kier alpha value is -1.35. The Labute approximate surface area is 167 Å². The zero-order chi connectivity index (χ0) is 17.4. The number of amides is 1. The highest BCUT2D eigenvalue weighted by Gasteiger charge is 2.21. The van der Waals surface area contributed by atoms with E-state index in [1.807, 2.05) is 31.3 Å². The van der Waals surface area contributed by atoms with Gasteiger partial charge in [0, 0.05) is 46.4 Å². The Morgan fingerprint density at radius 3 is 2.56 bits per heavy atom. The van der Waals surface area contributed by atoms with Crippen LogP contribution < -0.4 is 10.6 Å². The molecule has 0 aromatic heterocycles. The maximum absolute atomic E-state index is 11.5. The number of aliphatic imine (C=N–C) groups is 1. The van der Waals surface area contributed by atoms with Crippen molar-refractivity contribution in [3.63, 3.8) is 0 Å². The average Bonchev–Trinajstić information content (AvgIpc) is 3.43. The van der Waals surface area contributed by atoms with Crippen molar-refractivity contribution >= 4 is 35.8 Å². The highest BCUT2D eigenvalue weighted by atomic mass is 127. The lowest BCUT2D eigenvalue weighted by Gasteiger charge is -2.22. The van der Waals surface area contributed by atoms with Crippen molar-refractivity contribution < 1.29 is 9.53 Å². The van der Waals surface area contributed by atoms with Crippen molar-refractivity contribution in [3.8, 4) is 0 Å². The first-order valence-electron chi connectivity index (χ1n) is 8.44. The molecule has 0 heterocycles. The van der Waals surface area contributed by atoms with Crippen molar-refractivity contribution in [1.29, 1.82) is 0 Å². The molecule has 0 spiro atoms. The zero-order valence-electron chi connectivity index (χ0n) is 15.2. The van der Waals surface area contributed by atoms with E-state index in [0.717, 1.165) is 30.6 Å². The summed E-state index contributed by atoms with van der Waals surface area (Å²) in [6.07, 6.45) is 2.63. The van der Waals surface area contributed by atoms with Crippen LogP contribution in [0.5, 0.6) is 0 Å². The van der Waals surface area contributed by atoms with Crippen LogP contribution in [0.2, 0.25) is 0 Å². The van der Waals surface area contributed by atoms with Crippen molar-refractivity contribution in [2.75, 3.05) is 40.9 Å². The van der Waals surface area contributed by atoms with Gasteiger partial charge in [-0.05, 0) is 36.5 Å². The molecule has 0 unspecified atom stereocenters. The smallest absolute Gasteiger partial charge is 0.251 e. The highest BCUT2D eigenvalue weighted by molar-refractivity contribution is 14.0. The Bertz CT molecular complexity index is 559. The fourth-order valence-corrected chi connectivity index (χ4v) is 2.33. The summed E-state index contributed by atoms with van der Waals surface area (Å²) in [5, 5.41) is 5.95. The number of nitrogens with one attached hydrogen (secondary N) is 2. The average molecular weight is 460 g/mol. The number of halogens is 1. The fourth-order valence-electron chi connectivity index (χ4n) is 2.33. The maximum Gasteiger partial charge on any atom is 0.251 e. The third-order valence-corrected chi connectivity index (χ3v) is 4.09. The minimum absolute atomic E-state index is 0. The van der Waals surface area contributed by atoms with Crippen LogP contribution in [0.15, 0.2) is 29.3 Å². The lowest BCUT2D eigenvalue weighted by atomic mass is 10.1. The van der Waals surface area contributed by atoms with E-state index in [0.29, 0.717) is 18.7 Å². The molecule has 1 aliphatic rings. The highest BCUT2D eigenvalue weighted by Crippen LogP contribution is 2.28. The lowest BCUT2D eigenvalue weighted by molar-refractivity contribution is 0.0963. The molecule has 0 aliphatic heterocycles. The number of ether oxygens (including phenoxy) is 1. The van der Waals surface area contributed by atoms with Crippen LogP contribution in [-0.4, -0.2) is 57.7 Å². The summed E-state index contributed by atoms with van der Waals surface area (Å²) >= 11 is 0. The van der Waals surface area contributed by atoms with Gasteiger partial charge in [-0.2, -0.15) is 0 Å². The van der Waals surface area contributed by atoms with Gasteiger partial charge in [-0.25, -0.2) is 0 Å². The molecule has 140 valence electrons. The first-order valence-corrected chi connectivity index (χ1v) is 8.44. The molecule has 1 aliphatic carbocycles. The largest absolute Gasteiger partial charge is 0.379 e. The summed E-state index contributed by atoms with van der Waals surface area (Å²) in [6.45, 7) is 3.07. The van der Waals surface area contributed by atoms with E-state index in [9.17, 15) is 4.79 Å². The van der Waals surface area contributed by atoms with Crippen LogP contribution in [0.1, 0.15) is 28.8 Å². The number of rotatable bonds is 8. The molecular weight excluding hydrogens is 431 g/mol. The third-order valence-electron chi connectivity index (χ3n) is 4.09. The Morgan fingerprint density at radius 1 is 1.32 bits per heavy atom. The normalized spacial score (nSPS) is 13.8. The summed E-state index contributed by atoms with van der Waals surface area (Å²) in [6, 6.07) is 7.55. The van der Waals surface area contributed by atoms with Gasteiger partial charge in [-0.15, -0.1) is 24.0 Å². The molecule has 2 N–H and O–H groups in total. The van der Waals surface area contributed by atoms with Gasteiger partial charge in [0.25, 0.3) is 5.91 Å². The molecule has 1 aromatic rings. The predicted molar refractivity (Wildman–Crippen MR) is 112 cm³/mol. The molecule has 6 nitrogen and oxygen atoms in total. The molecular formula is C18H29IN4O2. The van der Waals surface area contributed by atoms with Crippen LogP contribution >= 0.6 is 24.0 Å². The van der Waals surface area contributed by atoms with E-state index in [1.165, 1.54) is 12.8 Å². The summed E-state index contributed by atoms with van der Waals surface area (Å²) < 4.78 is 5.67. The number of hydrogen-bond acceptors (Lipinski definition) is 3. The molecule has 1 amide bonds. The van der Waals surface area contributed by atoms with Crippen LogP contribution in [0.25, 0.3) is 0 Å². The standard InChI is InChI=1S/C18H28N4O2.HI/c1-19-17(23)16-8-6-14(7-9-16)12-21-18(20-2)22(3)10-11-24-13-15-4-5-15;/h6-9,15H,4-5,10-13H2,1-3H3,(H,19,23)(H,20,21);1H. The molecule has 0 saturated heterocycles. The second-order valence-electron chi connectivity index (χ2n) is 6.12. The van der Waals surface area contributed by atoms with E-state index in [-0.39, 0.29) is 29.9 Å². The number of guanidine groups is 1. The summed E-state index contributed by atoms with van der Waals surface area (Å²) in [5.74, 6) is 1.56. The molecule has 7 heteroatoms. The summed E-state index contributed by atoms with van der Waals surface area (Å²) in [7, 11) is 5.41. The Kier molecular flexibility index (Phi) is 9.81. The molecule has 2 rings (SSSR count). The summed E-state index contributed by atoms with van der Waals surface area (Å²) in [4.78, 5) is 17.9. The molecule has 25 heavy (non-hydrogen) atoms.